The molecule has 1 rings (SSSR count). The summed E-state index contributed by atoms with van der Waals surface area (Å²) in [4.78, 5) is 0. The van der Waals surface area contributed by atoms with Crippen molar-refractivity contribution >= 4 is 5.69 Å². The molecule has 0 radical (unpaired) electrons. The van der Waals surface area contributed by atoms with E-state index in [1.807, 2.05) is 18.2 Å². The molecule has 0 aromatic heterocycles. The molecule has 1 aromatic carbocycles. The highest BCUT2D eigenvalue weighted by atomic mass is 16.5. The van der Waals surface area contributed by atoms with Crippen LogP contribution < -0.4 is 21.3 Å². The molecule has 0 spiro atoms. The van der Waals surface area contributed by atoms with Gasteiger partial charge < -0.3 is 15.5 Å². The molecule has 4 N–H and O–H groups in total. The normalized spacial score (nSPS) is 10.1. The molecule has 0 unspecified atom stereocenters. The van der Waals surface area contributed by atoms with Crippen molar-refractivity contribution in [3.8, 4) is 5.75 Å². The minimum absolute atomic E-state index is 0.392. The number of methoxy groups -OCH3 is 1. The Morgan fingerprint density at radius 3 is 2.62 bits per heavy atom. The van der Waals surface area contributed by atoms with Gasteiger partial charge in [-0.15, -0.1) is 0 Å². The number of hydrazine groups is 1. The summed E-state index contributed by atoms with van der Waals surface area (Å²) in [6, 6.07) is 5.87. The van der Waals surface area contributed by atoms with Crippen LogP contribution in [0.5, 0.6) is 5.75 Å². The van der Waals surface area contributed by atoms with Gasteiger partial charge in [0.25, 0.3) is 0 Å². The Kier molecular flexibility index (Phi) is 4.19. The highest BCUT2D eigenvalue weighted by molar-refractivity contribution is 5.58. The Morgan fingerprint density at radius 2 is 2.12 bits per heavy atom. The Labute approximate surface area is 96.5 Å². The van der Waals surface area contributed by atoms with Crippen LogP contribution in [-0.2, 0) is 0 Å². The lowest BCUT2D eigenvalue weighted by Gasteiger charge is -2.16. The van der Waals surface area contributed by atoms with Crippen molar-refractivity contribution in [1.82, 2.24) is 5.43 Å². The molecule has 1 aromatic rings. The fourth-order valence-electron chi connectivity index (χ4n) is 1.46. The number of nitrogens with two attached hydrogens (primary N) is 1. The second-order valence-corrected chi connectivity index (χ2v) is 3.86. The van der Waals surface area contributed by atoms with E-state index < -0.39 is 0 Å². The van der Waals surface area contributed by atoms with Crippen LogP contribution in [0.2, 0.25) is 0 Å². The third-order valence-electron chi connectivity index (χ3n) is 2.34. The lowest BCUT2D eigenvalue weighted by molar-refractivity contribution is 0.414. The average molecular weight is 221 g/mol. The van der Waals surface area contributed by atoms with Gasteiger partial charge in [-0.05, 0) is 29.7 Å². The largest absolute Gasteiger partial charge is 0.497 e. The van der Waals surface area contributed by atoms with Gasteiger partial charge in [-0.2, -0.15) is 0 Å². The standard InChI is InChI=1S/C12H19N3O/c1-8(2)11-7-10(16-4)5-6-12(11)14-9(3)15-13/h5-8,14-15H,3,13H2,1-2,4H3. The van der Waals surface area contributed by atoms with Crippen molar-refractivity contribution in [2.75, 3.05) is 12.4 Å². The number of nitrogens with one attached hydrogen (secondary N) is 2. The minimum atomic E-state index is 0.392. The van der Waals surface area contributed by atoms with Gasteiger partial charge in [0.15, 0.2) is 0 Å². The van der Waals surface area contributed by atoms with Gasteiger partial charge in [0.2, 0.25) is 0 Å². The second-order valence-electron chi connectivity index (χ2n) is 3.86. The molecule has 0 aliphatic heterocycles. The monoisotopic (exact) mass is 221 g/mol. The molecular formula is C12H19N3O. The molecule has 0 heterocycles. The first kappa shape index (κ1) is 12.4. The zero-order valence-corrected chi connectivity index (χ0v) is 10.0. The third kappa shape index (κ3) is 2.90. The topological polar surface area (TPSA) is 59.3 Å². The lowest BCUT2D eigenvalue weighted by Crippen LogP contribution is -2.25. The first-order valence-electron chi connectivity index (χ1n) is 5.19. The van der Waals surface area contributed by atoms with Gasteiger partial charge in [-0.25, -0.2) is 5.84 Å². The van der Waals surface area contributed by atoms with Gasteiger partial charge in [-0.1, -0.05) is 20.4 Å². The van der Waals surface area contributed by atoms with Gasteiger partial charge in [0.05, 0.1) is 7.11 Å². The van der Waals surface area contributed by atoms with E-state index in [9.17, 15) is 0 Å². The summed E-state index contributed by atoms with van der Waals surface area (Å²) in [5.74, 6) is 7.07. The van der Waals surface area contributed by atoms with Crippen molar-refractivity contribution in [2.45, 2.75) is 19.8 Å². The first-order valence-corrected chi connectivity index (χ1v) is 5.19. The van der Waals surface area contributed by atoms with Crippen molar-refractivity contribution in [3.05, 3.63) is 36.2 Å². The number of hydrogen-bond acceptors (Lipinski definition) is 4. The summed E-state index contributed by atoms with van der Waals surface area (Å²) in [5, 5.41) is 3.11. The molecule has 0 fully saturated rings. The van der Waals surface area contributed by atoms with Crippen LogP contribution in [0.4, 0.5) is 5.69 Å². The van der Waals surface area contributed by atoms with Gasteiger partial charge in [-0.3, -0.25) is 0 Å². The fourth-order valence-corrected chi connectivity index (χ4v) is 1.46. The molecule has 0 atom stereocenters. The van der Waals surface area contributed by atoms with Crippen LogP contribution in [-0.4, -0.2) is 7.11 Å². The quantitative estimate of drug-likeness (QED) is 0.527. The zero-order valence-electron chi connectivity index (χ0n) is 10.0. The van der Waals surface area contributed by atoms with Gasteiger partial charge >= 0.3 is 0 Å². The Hall–Kier alpha value is -1.68. The average Bonchev–Trinajstić information content (AvgIpc) is 2.29. The van der Waals surface area contributed by atoms with Crippen LogP contribution in [0.15, 0.2) is 30.6 Å². The minimum Gasteiger partial charge on any atom is -0.497 e. The Morgan fingerprint density at radius 1 is 1.44 bits per heavy atom. The van der Waals surface area contributed by atoms with E-state index in [0.29, 0.717) is 11.7 Å². The summed E-state index contributed by atoms with van der Waals surface area (Å²) >= 11 is 0. The zero-order chi connectivity index (χ0) is 12.1. The second kappa shape index (κ2) is 5.42. The maximum absolute atomic E-state index is 5.27. The number of rotatable bonds is 5. The van der Waals surface area contributed by atoms with Crippen molar-refractivity contribution < 1.29 is 4.74 Å². The molecule has 16 heavy (non-hydrogen) atoms. The summed E-state index contributed by atoms with van der Waals surface area (Å²) in [6.45, 7) is 7.98. The summed E-state index contributed by atoms with van der Waals surface area (Å²) < 4.78 is 5.20. The van der Waals surface area contributed by atoms with E-state index >= 15 is 0 Å². The van der Waals surface area contributed by atoms with E-state index in [0.717, 1.165) is 17.0 Å². The van der Waals surface area contributed by atoms with Crippen LogP contribution in [0, 0.1) is 0 Å². The molecule has 0 amide bonds. The molecule has 0 bridgehead atoms. The predicted octanol–water partition coefficient (Wildman–Crippen LogP) is 2.17. The van der Waals surface area contributed by atoms with E-state index in [1.165, 1.54) is 0 Å². The summed E-state index contributed by atoms with van der Waals surface area (Å²) in [5.41, 5.74) is 4.62. The molecule has 0 aliphatic rings. The van der Waals surface area contributed by atoms with E-state index in [1.54, 1.807) is 7.11 Å². The summed E-state index contributed by atoms with van der Waals surface area (Å²) in [7, 11) is 1.66. The highest BCUT2D eigenvalue weighted by Gasteiger charge is 2.08. The first-order chi connectivity index (χ1) is 7.58. The predicted molar refractivity (Wildman–Crippen MR) is 67.2 cm³/mol. The maximum Gasteiger partial charge on any atom is 0.119 e. The molecule has 0 saturated heterocycles. The van der Waals surface area contributed by atoms with Crippen LogP contribution in [0.3, 0.4) is 0 Å². The van der Waals surface area contributed by atoms with E-state index in [4.69, 9.17) is 10.6 Å². The number of benzene rings is 1. The van der Waals surface area contributed by atoms with Crippen LogP contribution in [0.25, 0.3) is 0 Å². The van der Waals surface area contributed by atoms with Crippen LogP contribution >= 0.6 is 0 Å². The van der Waals surface area contributed by atoms with Gasteiger partial charge in [0, 0.05) is 5.69 Å². The molecule has 4 heteroatoms. The van der Waals surface area contributed by atoms with Gasteiger partial charge in [0.1, 0.15) is 11.6 Å². The number of anilines is 1. The molecule has 88 valence electrons. The molecule has 4 nitrogen and oxygen atoms in total. The Balaban J connectivity index is 3.03. The van der Waals surface area contributed by atoms with Crippen LogP contribution in [0.1, 0.15) is 25.3 Å². The SMILES string of the molecule is C=C(NN)Nc1ccc(OC)cc1C(C)C. The molecule has 0 saturated carbocycles. The smallest absolute Gasteiger partial charge is 0.119 e. The number of ether oxygens (including phenoxy) is 1. The van der Waals surface area contributed by atoms with Crippen molar-refractivity contribution in [3.63, 3.8) is 0 Å². The third-order valence-corrected chi connectivity index (χ3v) is 2.34. The van der Waals surface area contributed by atoms with E-state index in [-0.39, 0.29) is 0 Å². The lowest BCUT2D eigenvalue weighted by atomic mass is 10.0. The fraction of sp³-hybridized carbons (Fsp3) is 0.333. The molecular weight excluding hydrogens is 202 g/mol. The van der Waals surface area contributed by atoms with Crippen molar-refractivity contribution in [2.24, 2.45) is 5.84 Å². The number of hydrogen-bond donors (Lipinski definition) is 3. The highest BCUT2D eigenvalue weighted by Crippen LogP contribution is 2.28. The van der Waals surface area contributed by atoms with E-state index in [2.05, 4.69) is 31.2 Å². The Bertz CT molecular complexity index is 375. The molecule has 0 aliphatic carbocycles. The maximum atomic E-state index is 5.27. The van der Waals surface area contributed by atoms with Crippen molar-refractivity contribution in [1.29, 1.82) is 0 Å². The summed E-state index contributed by atoms with van der Waals surface area (Å²) in [6.07, 6.45) is 0.